The van der Waals surface area contributed by atoms with Gasteiger partial charge in [0.25, 0.3) is 0 Å². The fourth-order valence-corrected chi connectivity index (χ4v) is 1.78. The second-order valence-corrected chi connectivity index (χ2v) is 4.55. The minimum Gasteiger partial charge on any atom is -0.325 e. The van der Waals surface area contributed by atoms with Gasteiger partial charge in [-0.15, -0.1) is 0 Å². The Kier molecular flexibility index (Phi) is 5.03. The van der Waals surface area contributed by atoms with Crippen LogP contribution in [0.2, 0.25) is 5.02 Å². The summed E-state index contributed by atoms with van der Waals surface area (Å²) in [6.07, 6.45) is 3.42. The fraction of sp³-hybridized carbons (Fsp3) is 0.143. The SMILES string of the molecule is O=C(CNCc1cccnc1)Nc1ccc(F)c(Cl)c1. The second kappa shape index (κ2) is 6.98. The highest BCUT2D eigenvalue weighted by Crippen LogP contribution is 2.19. The van der Waals surface area contributed by atoms with Gasteiger partial charge in [0.2, 0.25) is 5.91 Å². The summed E-state index contributed by atoms with van der Waals surface area (Å²) in [5.74, 6) is -0.740. The number of hydrogen-bond acceptors (Lipinski definition) is 3. The van der Waals surface area contributed by atoms with Gasteiger partial charge in [-0.3, -0.25) is 9.78 Å². The summed E-state index contributed by atoms with van der Waals surface area (Å²) in [6, 6.07) is 7.78. The highest BCUT2D eigenvalue weighted by Gasteiger charge is 2.05. The minimum atomic E-state index is -0.514. The number of benzene rings is 1. The predicted molar refractivity (Wildman–Crippen MR) is 76.0 cm³/mol. The van der Waals surface area contributed by atoms with Crippen LogP contribution in [-0.4, -0.2) is 17.4 Å². The summed E-state index contributed by atoms with van der Waals surface area (Å²) in [4.78, 5) is 15.7. The van der Waals surface area contributed by atoms with E-state index >= 15 is 0 Å². The molecule has 2 aromatic rings. The highest BCUT2D eigenvalue weighted by molar-refractivity contribution is 6.31. The van der Waals surface area contributed by atoms with E-state index in [1.165, 1.54) is 18.2 Å². The monoisotopic (exact) mass is 293 g/mol. The molecule has 0 aliphatic heterocycles. The van der Waals surface area contributed by atoms with Crippen molar-refractivity contribution in [2.24, 2.45) is 0 Å². The average molecular weight is 294 g/mol. The zero-order valence-corrected chi connectivity index (χ0v) is 11.3. The summed E-state index contributed by atoms with van der Waals surface area (Å²) < 4.78 is 13.0. The fourth-order valence-electron chi connectivity index (χ4n) is 1.60. The molecule has 1 amide bonds. The van der Waals surface area contributed by atoms with Gasteiger partial charge in [0, 0.05) is 24.6 Å². The third kappa shape index (κ3) is 4.29. The van der Waals surface area contributed by atoms with Crippen molar-refractivity contribution >= 4 is 23.2 Å². The van der Waals surface area contributed by atoms with Crippen molar-refractivity contribution < 1.29 is 9.18 Å². The van der Waals surface area contributed by atoms with E-state index in [1.54, 1.807) is 12.4 Å². The number of anilines is 1. The van der Waals surface area contributed by atoms with Crippen LogP contribution in [0.25, 0.3) is 0 Å². The maximum Gasteiger partial charge on any atom is 0.238 e. The Hall–Kier alpha value is -1.98. The van der Waals surface area contributed by atoms with Crippen LogP contribution in [0.15, 0.2) is 42.7 Å². The van der Waals surface area contributed by atoms with E-state index in [0.717, 1.165) is 5.56 Å². The second-order valence-electron chi connectivity index (χ2n) is 4.14. The Morgan fingerprint density at radius 2 is 2.20 bits per heavy atom. The molecule has 1 aromatic carbocycles. The van der Waals surface area contributed by atoms with Gasteiger partial charge in [-0.25, -0.2) is 4.39 Å². The predicted octanol–water partition coefficient (Wildman–Crippen LogP) is 2.60. The molecular weight excluding hydrogens is 281 g/mol. The van der Waals surface area contributed by atoms with Crippen molar-refractivity contribution in [1.29, 1.82) is 0 Å². The van der Waals surface area contributed by atoms with E-state index in [1.807, 2.05) is 12.1 Å². The molecule has 0 saturated heterocycles. The van der Waals surface area contributed by atoms with Crippen molar-refractivity contribution in [2.45, 2.75) is 6.54 Å². The van der Waals surface area contributed by atoms with Crippen LogP contribution in [0, 0.1) is 5.82 Å². The summed E-state index contributed by atoms with van der Waals surface area (Å²) in [7, 11) is 0. The van der Waals surface area contributed by atoms with E-state index in [9.17, 15) is 9.18 Å². The van der Waals surface area contributed by atoms with Crippen LogP contribution in [0.4, 0.5) is 10.1 Å². The average Bonchev–Trinajstić information content (AvgIpc) is 2.44. The number of nitrogens with one attached hydrogen (secondary N) is 2. The Morgan fingerprint density at radius 1 is 1.35 bits per heavy atom. The number of rotatable bonds is 5. The van der Waals surface area contributed by atoms with E-state index < -0.39 is 5.82 Å². The Labute approximate surface area is 121 Å². The lowest BCUT2D eigenvalue weighted by Crippen LogP contribution is -2.27. The molecule has 0 saturated carbocycles. The number of carbonyl (C=O) groups is 1. The van der Waals surface area contributed by atoms with Crippen LogP contribution < -0.4 is 10.6 Å². The maximum atomic E-state index is 13.0. The lowest BCUT2D eigenvalue weighted by molar-refractivity contribution is -0.115. The Morgan fingerprint density at radius 3 is 2.90 bits per heavy atom. The molecular formula is C14H13ClFN3O. The van der Waals surface area contributed by atoms with Gasteiger partial charge in [-0.05, 0) is 29.8 Å². The molecule has 4 nitrogen and oxygen atoms in total. The number of amides is 1. The molecule has 0 atom stereocenters. The molecule has 104 valence electrons. The molecule has 0 aliphatic carbocycles. The Bertz CT molecular complexity index is 592. The van der Waals surface area contributed by atoms with E-state index in [-0.39, 0.29) is 17.5 Å². The molecule has 1 heterocycles. The topological polar surface area (TPSA) is 54.0 Å². The first-order valence-electron chi connectivity index (χ1n) is 5.99. The normalized spacial score (nSPS) is 10.3. The molecule has 0 spiro atoms. The van der Waals surface area contributed by atoms with Gasteiger partial charge in [-0.2, -0.15) is 0 Å². The summed E-state index contributed by atoms with van der Waals surface area (Å²) in [6.45, 7) is 0.690. The third-order valence-corrected chi connectivity index (χ3v) is 2.83. The molecule has 0 fully saturated rings. The zero-order valence-electron chi connectivity index (χ0n) is 10.6. The van der Waals surface area contributed by atoms with Crippen molar-refractivity contribution in [3.8, 4) is 0 Å². The van der Waals surface area contributed by atoms with Crippen LogP contribution in [-0.2, 0) is 11.3 Å². The summed E-state index contributed by atoms with van der Waals surface area (Å²) in [5, 5.41) is 5.59. The number of hydrogen-bond donors (Lipinski definition) is 2. The van der Waals surface area contributed by atoms with Crippen molar-refractivity contribution in [1.82, 2.24) is 10.3 Å². The van der Waals surface area contributed by atoms with Gasteiger partial charge in [-0.1, -0.05) is 17.7 Å². The molecule has 20 heavy (non-hydrogen) atoms. The first kappa shape index (κ1) is 14.4. The number of nitrogens with zero attached hydrogens (tertiary/aromatic N) is 1. The van der Waals surface area contributed by atoms with Crippen molar-refractivity contribution in [2.75, 3.05) is 11.9 Å². The van der Waals surface area contributed by atoms with Gasteiger partial charge in [0.1, 0.15) is 5.82 Å². The first-order chi connectivity index (χ1) is 9.65. The number of aromatic nitrogens is 1. The van der Waals surface area contributed by atoms with Gasteiger partial charge in [0.15, 0.2) is 0 Å². The van der Waals surface area contributed by atoms with Crippen LogP contribution in [0.3, 0.4) is 0 Å². The third-order valence-electron chi connectivity index (χ3n) is 2.54. The van der Waals surface area contributed by atoms with Crippen LogP contribution in [0.5, 0.6) is 0 Å². The quantitative estimate of drug-likeness (QED) is 0.891. The van der Waals surface area contributed by atoms with Crippen LogP contribution in [0.1, 0.15) is 5.56 Å². The van der Waals surface area contributed by atoms with E-state index in [2.05, 4.69) is 15.6 Å². The molecule has 0 unspecified atom stereocenters. The lowest BCUT2D eigenvalue weighted by Gasteiger charge is -2.07. The van der Waals surface area contributed by atoms with Crippen molar-refractivity contribution in [3.63, 3.8) is 0 Å². The molecule has 0 radical (unpaired) electrons. The summed E-state index contributed by atoms with van der Waals surface area (Å²) >= 11 is 5.63. The number of carbonyl (C=O) groups excluding carboxylic acids is 1. The van der Waals surface area contributed by atoms with Crippen LogP contribution >= 0.6 is 11.6 Å². The molecule has 6 heteroatoms. The lowest BCUT2D eigenvalue weighted by atomic mass is 10.3. The van der Waals surface area contributed by atoms with E-state index in [4.69, 9.17) is 11.6 Å². The first-order valence-corrected chi connectivity index (χ1v) is 6.37. The molecule has 0 bridgehead atoms. The highest BCUT2D eigenvalue weighted by atomic mass is 35.5. The molecule has 0 aliphatic rings. The largest absolute Gasteiger partial charge is 0.325 e. The molecule has 2 rings (SSSR count). The Balaban J connectivity index is 1.79. The summed E-state index contributed by atoms with van der Waals surface area (Å²) in [5.41, 5.74) is 1.45. The molecule has 2 N–H and O–H groups in total. The molecule has 1 aromatic heterocycles. The number of halogens is 2. The maximum absolute atomic E-state index is 13.0. The zero-order chi connectivity index (χ0) is 14.4. The van der Waals surface area contributed by atoms with Gasteiger partial charge in [0.05, 0.1) is 11.6 Å². The van der Waals surface area contributed by atoms with Gasteiger partial charge >= 0.3 is 0 Å². The van der Waals surface area contributed by atoms with E-state index in [0.29, 0.717) is 12.2 Å². The smallest absolute Gasteiger partial charge is 0.238 e. The van der Waals surface area contributed by atoms with Gasteiger partial charge < -0.3 is 10.6 Å². The van der Waals surface area contributed by atoms with Crippen molar-refractivity contribution in [3.05, 3.63) is 59.1 Å². The standard InChI is InChI=1S/C14H13ClFN3O/c15-12-6-11(3-4-13(12)16)19-14(20)9-18-8-10-2-1-5-17-7-10/h1-7,18H,8-9H2,(H,19,20). The minimum absolute atomic E-state index is 0.0221. The number of pyridine rings is 1.